The summed E-state index contributed by atoms with van der Waals surface area (Å²) in [6.45, 7) is 5.92. The number of aryl methyl sites for hydroxylation is 1. The van der Waals surface area contributed by atoms with Gasteiger partial charge in [-0.2, -0.15) is 0 Å². The van der Waals surface area contributed by atoms with Crippen molar-refractivity contribution in [3.8, 4) is 0 Å². The van der Waals surface area contributed by atoms with Crippen molar-refractivity contribution in [3.05, 3.63) is 70.9 Å². The molecule has 0 aliphatic carbocycles. The van der Waals surface area contributed by atoms with E-state index in [1.807, 2.05) is 0 Å². The van der Waals surface area contributed by atoms with Gasteiger partial charge in [-0.1, -0.05) is 30.7 Å². The van der Waals surface area contributed by atoms with Crippen molar-refractivity contribution in [1.29, 1.82) is 0 Å². The topological polar surface area (TPSA) is 136 Å². The third-order valence-electron chi connectivity index (χ3n) is 6.59. The Bertz CT molecular complexity index is 1530. The second kappa shape index (κ2) is 14.9. The lowest BCUT2D eigenvalue weighted by Crippen LogP contribution is -2.45. The van der Waals surface area contributed by atoms with Gasteiger partial charge in [0.05, 0.1) is 18.2 Å². The maximum atomic E-state index is 13.9. The van der Waals surface area contributed by atoms with Crippen LogP contribution < -0.4 is 16.0 Å². The molecule has 13 heteroatoms. The first-order chi connectivity index (χ1) is 20.6. The predicted molar refractivity (Wildman–Crippen MR) is 161 cm³/mol. The Kier molecular flexibility index (Phi) is 11.6. The standard InChI is InChI=1S/C31H35ClF2N4O6/c1-30(2,3)44-28(41)36-17-26(40)37-18-31(4,24(39)11-9-19-6-5-7-23(34)27(19)32)12-13-43-29(42)38-25-15-21-14-22(33)10-8-20(21)16-35-25/h5-8,10,14-16H,9,11-13,17-18H2,1-4H3,(H,36,41)(H,37,40)(H,35,38,42). The summed E-state index contributed by atoms with van der Waals surface area (Å²) in [5.41, 5.74) is -1.50. The van der Waals surface area contributed by atoms with Gasteiger partial charge in [0.2, 0.25) is 5.91 Å². The minimum atomic E-state index is -1.21. The lowest BCUT2D eigenvalue weighted by atomic mass is 9.80. The van der Waals surface area contributed by atoms with Crippen molar-refractivity contribution in [3.63, 3.8) is 0 Å². The number of rotatable bonds is 12. The Morgan fingerprint density at radius 2 is 1.70 bits per heavy atom. The maximum absolute atomic E-state index is 13.9. The fourth-order valence-electron chi connectivity index (χ4n) is 4.13. The number of benzene rings is 2. The molecule has 2 aromatic carbocycles. The van der Waals surface area contributed by atoms with Gasteiger partial charge in [-0.25, -0.2) is 23.4 Å². The van der Waals surface area contributed by atoms with E-state index < -0.39 is 40.7 Å². The second-order valence-electron chi connectivity index (χ2n) is 11.4. The molecule has 0 aliphatic heterocycles. The first-order valence-electron chi connectivity index (χ1n) is 13.8. The Morgan fingerprint density at radius 3 is 2.43 bits per heavy atom. The van der Waals surface area contributed by atoms with Crippen molar-refractivity contribution in [2.24, 2.45) is 5.41 Å². The summed E-state index contributed by atoms with van der Waals surface area (Å²) in [6.07, 6.45) is -0.00830. The summed E-state index contributed by atoms with van der Waals surface area (Å²) >= 11 is 6.04. The van der Waals surface area contributed by atoms with Gasteiger partial charge in [0.25, 0.3) is 0 Å². The van der Waals surface area contributed by atoms with Crippen LogP contribution in [0.25, 0.3) is 10.8 Å². The molecule has 3 rings (SSSR count). The van der Waals surface area contributed by atoms with Gasteiger partial charge in [0.1, 0.15) is 28.8 Å². The van der Waals surface area contributed by atoms with Crippen molar-refractivity contribution in [2.45, 2.75) is 52.6 Å². The van der Waals surface area contributed by atoms with E-state index in [1.54, 1.807) is 39.8 Å². The molecular formula is C31H35ClF2N4O6. The van der Waals surface area contributed by atoms with Gasteiger partial charge >= 0.3 is 12.2 Å². The van der Waals surface area contributed by atoms with Crippen LogP contribution in [0.1, 0.15) is 46.1 Å². The third kappa shape index (κ3) is 10.4. The Morgan fingerprint density at radius 1 is 0.955 bits per heavy atom. The van der Waals surface area contributed by atoms with E-state index in [9.17, 15) is 28.0 Å². The van der Waals surface area contributed by atoms with Gasteiger partial charge in [0, 0.05) is 30.0 Å². The number of nitrogens with zero attached hydrogens (tertiary/aromatic N) is 1. The number of Topliss-reactive ketones (excluding diaryl/α,β-unsaturated/α-hetero) is 1. The third-order valence-corrected chi connectivity index (χ3v) is 7.02. The fraction of sp³-hybridized carbons (Fsp3) is 0.387. The monoisotopic (exact) mass is 632 g/mol. The lowest BCUT2D eigenvalue weighted by molar-refractivity contribution is -0.129. The number of nitrogens with one attached hydrogen (secondary N) is 3. The number of ketones is 1. The molecule has 0 spiro atoms. The van der Waals surface area contributed by atoms with Gasteiger partial charge < -0.3 is 20.1 Å². The number of fused-ring (bicyclic) bond motifs is 1. The number of hydrogen-bond acceptors (Lipinski definition) is 7. The number of amides is 3. The summed E-state index contributed by atoms with van der Waals surface area (Å²) < 4.78 is 37.9. The molecular weight excluding hydrogens is 598 g/mol. The highest BCUT2D eigenvalue weighted by Gasteiger charge is 2.33. The molecule has 0 saturated carbocycles. The van der Waals surface area contributed by atoms with Gasteiger partial charge in [0.15, 0.2) is 0 Å². The Labute approximate surface area is 258 Å². The number of halogens is 3. The average Bonchev–Trinajstić information content (AvgIpc) is 2.94. The zero-order valence-corrected chi connectivity index (χ0v) is 25.6. The van der Waals surface area contributed by atoms with E-state index in [1.165, 1.54) is 36.5 Å². The molecule has 1 atom stereocenters. The molecule has 3 aromatic rings. The highest BCUT2D eigenvalue weighted by molar-refractivity contribution is 6.31. The summed E-state index contributed by atoms with van der Waals surface area (Å²) in [7, 11) is 0. The zero-order chi connectivity index (χ0) is 32.5. The largest absolute Gasteiger partial charge is 0.449 e. The van der Waals surface area contributed by atoms with Crippen LogP contribution in [0.5, 0.6) is 0 Å². The number of carbonyl (C=O) groups is 4. The summed E-state index contributed by atoms with van der Waals surface area (Å²) in [6, 6.07) is 9.98. The number of alkyl carbamates (subject to hydrolysis) is 1. The number of aromatic nitrogens is 1. The van der Waals surface area contributed by atoms with E-state index in [2.05, 4.69) is 20.9 Å². The predicted octanol–water partition coefficient (Wildman–Crippen LogP) is 5.95. The molecule has 1 heterocycles. The normalized spacial score (nSPS) is 12.6. The highest BCUT2D eigenvalue weighted by Crippen LogP contribution is 2.27. The summed E-state index contributed by atoms with van der Waals surface area (Å²) in [4.78, 5) is 54.3. The molecule has 0 bridgehead atoms. The molecule has 0 radical (unpaired) electrons. The number of pyridine rings is 1. The van der Waals surface area contributed by atoms with Crippen LogP contribution in [-0.4, -0.2) is 54.2 Å². The molecule has 1 aromatic heterocycles. The molecule has 236 valence electrons. The van der Waals surface area contributed by atoms with Crippen LogP contribution in [0.4, 0.5) is 24.2 Å². The minimum Gasteiger partial charge on any atom is -0.449 e. The van der Waals surface area contributed by atoms with Crippen molar-refractivity contribution < 1.29 is 37.4 Å². The first kappa shape index (κ1) is 34.2. The summed E-state index contributed by atoms with van der Waals surface area (Å²) in [5.74, 6) is -1.76. The van der Waals surface area contributed by atoms with E-state index in [-0.39, 0.29) is 55.6 Å². The smallest absolute Gasteiger partial charge is 0.412 e. The fourth-order valence-corrected chi connectivity index (χ4v) is 4.35. The molecule has 10 nitrogen and oxygen atoms in total. The zero-order valence-electron chi connectivity index (χ0n) is 24.9. The molecule has 0 aliphatic rings. The van der Waals surface area contributed by atoms with Gasteiger partial charge in [-0.05, 0) is 74.9 Å². The van der Waals surface area contributed by atoms with Crippen LogP contribution in [-0.2, 0) is 25.5 Å². The van der Waals surface area contributed by atoms with Crippen LogP contribution in [0.2, 0.25) is 5.02 Å². The number of hydrogen-bond donors (Lipinski definition) is 3. The second-order valence-corrected chi connectivity index (χ2v) is 11.8. The van der Waals surface area contributed by atoms with Crippen molar-refractivity contribution in [1.82, 2.24) is 15.6 Å². The Balaban J connectivity index is 1.61. The van der Waals surface area contributed by atoms with Crippen LogP contribution in [0.3, 0.4) is 0 Å². The lowest BCUT2D eigenvalue weighted by Gasteiger charge is -2.28. The van der Waals surface area contributed by atoms with E-state index in [4.69, 9.17) is 21.1 Å². The molecule has 44 heavy (non-hydrogen) atoms. The SMILES string of the molecule is CC(C)(C)OC(=O)NCC(=O)NCC(C)(CCOC(=O)Nc1cc2cc(F)ccc2cn1)C(=O)CCc1cccc(F)c1Cl. The van der Waals surface area contributed by atoms with Crippen molar-refractivity contribution in [2.75, 3.05) is 25.0 Å². The minimum absolute atomic E-state index is 0.0201. The van der Waals surface area contributed by atoms with Crippen LogP contribution >= 0.6 is 11.6 Å². The van der Waals surface area contributed by atoms with Crippen LogP contribution in [0, 0.1) is 17.0 Å². The van der Waals surface area contributed by atoms with Gasteiger partial charge in [-0.3, -0.25) is 14.9 Å². The number of ether oxygens (including phenoxy) is 2. The van der Waals surface area contributed by atoms with E-state index in [0.717, 1.165) is 0 Å². The molecule has 1 unspecified atom stereocenters. The van der Waals surface area contributed by atoms with Crippen molar-refractivity contribution >= 4 is 52.1 Å². The summed E-state index contributed by atoms with van der Waals surface area (Å²) in [5, 5.41) is 8.58. The first-order valence-corrected chi connectivity index (χ1v) is 14.2. The maximum Gasteiger partial charge on any atom is 0.412 e. The van der Waals surface area contributed by atoms with E-state index >= 15 is 0 Å². The molecule has 0 fully saturated rings. The highest BCUT2D eigenvalue weighted by atomic mass is 35.5. The van der Waals surface area contributed by atoms with Crippen LogP contribution in [0.15, 0.2) is 48.7 Å². The molecule has 3 amide bonds. The molecule has 3 N–H and O–H groups in total. The quantitative estimate of drug-likeness (QED) is 0.224. The molecule has 0 saturated heterocycles. The Hall–Kier alpha value is -4.32. The number of carbonyl (C=O) groups excluding carboxylic acids is 4. The van der Waals surface area contributed by atoms with Gasteiger partial charge in [-0.15, -0.1) is 0 Å². The average molecular weight is 633 g/mol. The van der Waals surface area contributed by atoms with E-state index in [0.29, 0.717) is 16.3 Å². The number of anilines is 1.